The second kappa shape index (κ2) is 8.60. The molecule has 7 nitrogen and oxygen atoms in total. The number of amides is 2. The van der Waals surface area contributed by atoms with Crippen LogP contribution in [-0.4, -0.2) is 21.6 Å². The first-order chi connectivity index (χ1) is 13.9. The molecule has 0 saturated heterocycles. The molecule has 0 aliphatic heterocycles. The first kappa shape index (κ1) is 20.1. The van der Waals surface area contributed by atoms with Crippen LogP contribution < -0.4 is 15.8 Å². The van der Waals surface area contributed by atoms with Crippen molar-refractivity contribution in [3.05, 3.63) is 76.6 Å². The summed E-state index contributed by atoms with van der Waals surface area (Å²) in [6.07, 6.45) is 1.59. The van der Waals surface area contributed by atoms with E-state index in [1.165, 1.54) is 0 Å². The molecule has 0 fully saturated rings. The number of carbonyl (C=O) groups is 2. The van der Waals surface area contributed by atoms with Crippen molar-refractivity contribution >= 4 is 17.5 Å². The third-order valence-electron chi connectivity index (χ3n) is 4.49. The summed E-state index contributed by atoms with van der Waals surface area (Å²) in [6.45, 7) is 6.78. The highest BCUT2D eigenvalue weighted by atomic mass is 16.5. The SMILES string of the molecule is CCn1cc(NC(=O)c2cccc(COc3cc(C)ccc3C)c2)c(C(N)=O)n1. The molecule has 1 heterocycles. The van der Waals surface area contributed by atoms with Crippen LogP contribution in [0.1, 0.15) is 44.5 Å². The van der Waals surface area contributed by atoms with Crippen molar-refractivity contribution in [1.29, 1.82) is 0 Å². The molecule has 0 spiro atoms. The Morgan fingerprint density at radius 1 is 1.17 bits per heavy atom. The number of nitrogens with two attached hydrogens (primary N) is 1. The zero-order chi connectivity index (χ0) is 21.0. The van der Waals surface area contributed by atoms with Crippen molar-refractivity contribution < 1.29 is 14.3 Å². The van der Waals surface area contributed by atoms with Gasteiger partial charge in [-0.3, -0.25) is 14.3 Å². The van der Waals surface area contributed by atoms with Gasteiger partial charge in [-0.2, -0.15) is 5.10 Å². The van der Waals surface area contributed by atoms with E-state index < -0.39 is 5.91 Å². The van der Waals surface area contributed by atoms with Gasteiger partial charge in [0, 0.05) is 18.3 Å². The van der Waals surface area contributed by atoms with E-state index in [4.69, 9.17) is 10.5 Å². The van der Waals surface area contributed by atoms with Crippen LogP contribution in [0.4, 0.5) is 5.69 Å². The number of carbonyl (C=O) groups excluding carboxylic acids is 2. The van der Waals surface area contributed by atoms with E-state index in [2.05, 4.69) is 10.4 Å². The predicted molar refractivity (Wildman–Crippen MR) is 111 cm³/mol. The average Bonchev–Trinajstić information content (AvgIpc) is 3.12. The van der Waals surface area contributed by atoms with Crippen LogP contribution >= 0.6 is 0 Å². The minimum Gasteiger partial charge on any atom is -0.489 e. The van der Waals surface area contributed by atoms with Gasteiger partial charge in [-0.1, -0.05) is 24.3 Å². The van der Waals surface area contributed by atoms with Crippen molar-refractivity contribution in [2.24, 2.45) is 5.73 Å². The number of primary amides is 1. The molecule has 1 aromatic heterocycles. The number of rotatable bonds is 7. The summed E-state index contributed by atoms with van der Waals surface area (Å²) in [5, 5.41) is 6.79. The maximum Gasteiger partial charge on any atom is 0.271 e. The van der Waals surface area contributed by atoms with E-state index in [1.54, 1.807) is 29.1 Å². The van der Waals surface area contributed by atoms with Crippen LogP contribution in [0.25, 0.3) is 0 Å². The van der Waals surface area contributed by atoms with Crippen molar-refractivity contribution in [3.63, 3.8) is 0 Å². The predicted octanol–water partition coefficient (Wildman–Crippen LogP) is 3.45. The zero-order valence-electron chi connectivity index (χ0n) is 16.7. The van der Waals surface area contributed by atoms with Gasteiger partial charge in [0.15, 0.2) is 5.69 Å². The van der Waals surface area contributed by atoms with Crippen LogP contribution in [0.2, 0.25) is 0 Å². The highest BCUT2D eigenvalue weighted by Gasteiger charge is 2.17. The second-order valence-corrected chi connectivity index (χ2v) is 6.82. The zero-order valence-corrected chi connectivity index (χ0v) is 16.7. The Morgan fingerprint density at radius 3 is 2.69 bits per heavy atom. The Hall–Kier alpha value is -3.61. The largest absolute Gasteiger partial charge is 0.489 e. The summed E-state index contributed by atoms with van der Waals surface area (Å²) in [7, 11) is 0. The summed E-state index contributed by atoms with van der Waals surface area (Å²) >= 11 is 0. The number of aromatic nitrogens is 2. The fraction of sp³-hybridized carbons (Fsp3) is 0.227. The minimum absolute atomic E-state index is 0.0367. The van der Waals surface area contributed by atoms with Crippen molar-refractivity contribution in [1.82, 2.24) is 9.78 Å². The minimum atomic E-state index is -0.692. The fourth-order valence-corrected chi connectivity index (χ4v) is 2.88. The smallest absolute Gasteiger partial charge is 0.271 e. The molecule has 3 N–H and O–H groups in total. The normalized spacial score (nSPS) is 10.6. The lowest BCUT2D eigenvalue weighted by atomic mass is 10.1. The molecule has 3 rings (SSSR count). The van der Waals surface area contributed by atoms with Crippen LogP contribution in [0, 0.1) is 13.8 Å². The number of hydrogen-bond donors (Lipinski definition) is 2. The monoisotopic (exact) mass is 392 g/mol. The van der Waals surface area contributed by atoms with Crippen LogP contribution in [0.15, 0.2) is 48.7 Å². The number of benzene rings is 2. The lowest BCUT2D eigenvalue weighted by Crippen LogP contribution is -2.18. The van der Waals surface area contributed by atoms with Crippen LogP contribution in [0.3, 0.4) is 0 Å². The van der Waals surface area contributed by atoms with E-state index in [0.29, 0.717) is 24.4 Å². The molecular formula is C22H24N4O3. The fourth-order valence-electron chi connectivity index (χ4n) is 2.88. The summed E-state index contributed by atoms with van der Waals surface area (Å²) in [6, 6.07) is 13.2. The Bertz CT molecular complexity index is 1060. The van der Waals surface area contributed by atoms with Gasteiger partial charge >= 0.3 is 0 Å². The van der Waals surface area contributed by atoms with Crippen LogP contribution in [0.5, 0.6) is 5.75 Å². The maximum atomic E-state index is 12.7. The molecule has 0 aliphatic carbocycles. The van der Waals surface area contributed by atoms with Crippen molar-refractivity contribution in [2.75, 3.05) is 5.32 Å². The van der Waals surface area contributed by atoms with E-state index in [1.807, 2.05) is 45.0 Å². The summed E-state index contributed by atoms with van der Waals surface area (Å²) in [4.78, 5) is 24.2. The van der Waals surface area contributed by atoms with Gasteiger partial charge in [-0.15, -0.1) is 0 Å². The number of nitrogens with one attached hydrogen (secondary N) is 1. The molecule has 3 aromatic rings. The van der Waals surface area contributed by atoms with Gasteiger partial charge < -0.3 is 15.8 Å². The lowest BCUT2D eigenvalue weighted by molar-refractivity contribution is 0.0995. The first-order valence-corrected chi connectivity index (χ1v) is 9.35. The molecular weight excluding hydrogens is 368 g/mol. The van der Waals surface area contributed by atoms with Gasteiger partial charge in [0.25, 0.3) is 11.8 Å². The molecule has 150 valence electrons. The average molecular weight is 392 g/mol. The van der Waals surface area contributed by atoms with Gasteiger partial charge in [0.1, 0.15) is 12.4 Å². The molecule has 29 heavy (non-hydrogen) atoms. The number of ether oxygens (including phenoxy) is 1. The summed E-state index contributed by atoms with van der Waals surface area (Å²) in [5.41, 5.74) is 9.17. The lowest BCUT2D eigenvalue weighted by Gasteiger charge is -2.11. The Morgan fingerprint density at radius 2 is 1.97 bits per heavy atom. The second-order valence-electron chi connectivity index (χ2n) is 6.82. The Kier molecular flexibility index (Phi) is 5.97. The Balaban J connectivity index is 1.74. The molecule has 2 aromatic carbocycles. The number of hydrogen-bond acceptors (Lipinski definition) is 4. The molecule has 0 aliphatic rings. The molecule has 0 saturated carbocycles. The topological polar surface area (TPSA) is 99.2 Å². The molecule has 2 amide bonds. The number of anilines is 1. The van der Waals surface area contributed by atoms with Gasteiger partial charge in [0.2, 0.25) is 0 Å². The van der Waals surface area contributed by atoms with Crippen molar-refractivity contribution in [3.8, 4) is 5.75 Å². The number of nitrogens with zero attached hydrogens (tertiary/aromatic N) is 2. The third-order valence-corrected chi connectivity index (χ3v) is 4.49. The van der Waals surface area contributed by atoms with Gasteiger partial charge in [-0.05, 0) is 55.7 Å². The molecule has 0 atom stereocenters. The maximum absolute atomic E-state index is 12.7. The number of aryl methyl sites for hydroxylation is 3. The van der Waals surface area contributed by atoms with Crippen molar-refractivity contribution in [2.45, 2.75) is 33.9 Å². The third kappa shape index (κ3) is 4.82. The van der Waals surface area contributed by atoms with E-state index in [-0.39, 0.29) is 11.6 Å². The highest BCUT2D eigenvalue weighted by Crippen LogP contribution is 2.21. The van der Waals surface area contributed by atoms with E-state index in [9.17, 15) is 9.59 Å². The Labute approximate surface area is 169 Å². The first-order valence-electron chi connectivity index (χ1n) is 9.35. The standard InChI is InChI=1S/C22H24N4O3/c1-4-26-12-18(20(25-26)21(23)27)24-22(28)17-7-5-6-16(11-17)13-29-19-10-14(2)8-9-15(19)3/h5-12H,4,13H2,1-3H3,(H2,23,27)(H,24,28). The summed E-state index contributed by atoms with van der Waals surface area (Å²) < 4.78 is 7.46. The quantitative estimate of drug-likeness (QED) is 0.643. The molecule has 0 bridgehead atoms. The van der Waals surface area contributed by atoms with Gasteiger partial charge in [0.05, 0.1) is 5.69 Å². The molecule has 0 radical (unpaired) electrons. The van der Waals surface area contributed by atoms with E-state index in [0.717, 1.165) is 22.4 Å². The van der Waals surface area contributed by atoms with Crippen LogP contribution in [-0.2, 0) is 13.2 Å². The summed E-state index contributed by atoms with van der Waals surface area (Å²) in [5.74, 6) is -0.224. The molecule has 0 unspecified atom stereocenters. The molecule has 7 heteroatoms. The van der Waals surface area contributed by atoms with E-state index >= 15 is 0 Å². The van der Waals surface area contributed by atoms with Gasteiger partial charge in [-0.25, -0.2) is 0 Å². The highest BCUT2D eigenvalue weighted by molar-refractivity contribution is 6.08.